The molecular weight excluding hydrogens is 829 g/mol. The molecular formula is C61H96O6. The SMILES string of the molecule is CC/C=C\C/C=C\C/C=C\C/C=C\C/C=C\CCCC(=O)OCC(COC(=O)CCCCC/C=C\C=C/CCCCCCCCC)OC(=O)CCCCC/C=C\C/C=C\C/C=C\C/C=C\CC. The van der Waals surface area contributed by atoms with Gasteiger partial charge in [0.05, 0.1) is 0 Å². The summed E-state index contributed by atoms with van der Waals surface area (Å²) in [5.74, 6) is -1.05. The summed E-state index contributed by atoms with van der Waals surface area (Å²) in [7, 11) is 0. The Hall–Kier alpha value is -4.45. The second-order valence-electron chi connectivity index (χ2n) is 17.0. The molecule has 0 aliphatic rings. The minimum atomic E-state index is -0.834. The number of rotatable bonds is 46. The molecule has 376 valence electrons. The second kappa shape index (κ2) is 54.2. The molecule has 67 heavy (non-hydrogen) atoms. The highest BCUT2D eigenvalue weighted by atomic mass is 16.6. The molecule has 0 aromatic carbocycles. The van der Waals surface area contributed by atoms with Crippen molar-refractivity contribution in [3.05, 3.63) is 134 Å². The summed E-state index contributed by atoms with van der Waals surface area (Å²) >= 11 is 0. The summed E-state index contributed by atoms with van der Waals surface area (Å²) in [5.41, 5.74) is 0. The van der Waals surface area contributed by atoms with Crippen LogP contribution in [0.1, 0.15) is 213 Å². The van der Waals surface area contributed by atoms with Crippen LogP contribution in [0.25, 0.3) is 0 Å². The van der Waals surface area contributed by atoms with Gasteiger partial charge in [-0.05, 0) is 122 Å². The van der Waals surface area contributed by atoms with Gasteiger partial charge in [-0.2, -0.15) is 0 Å². The standard InChI is InChI=1S/C61H96O6/c1-4-7-10-13-16-19-22-25-28-31-34-36-39-42-45-48-51-54-60(63)66-57-58(67-61(64)55-52-49-46-43-40-37-33-30-27-24-21-18-15-12-9-6-3)56-65-59(62)53-50-47-44-41-38-35-32-29-26-23-20-17-14-11-8-5-2/h7,9-10,12,16,18-19,21,25,27-30,32,34-38,40,42,45,58H,4-6,8,11,13-15,17,20,22-24,26,31,33,39,41,43-44,46-57H2,1-3H3/b10-7-,12-9-,19-16-,21-18-,28-25-,30-27-,32-29-,36-34-,38-35-,40-37-,45-42-. The van der Waals surface area contributed by atoms with Gasteiger partial charge in [-0.25, -0.2) is 0 Å². The van der Waals surface area contributed by atoms with Gasteiger partial charge in [0.15, 0.2) is 6.10 Å². The van der Waals surface area contributed by atoms with Gasteiger partial charge >= 0.3 is 17.9 Å². The van der Waals surface area contributed by atoms with Crippen LogP contribution < -0.4 is 0 Å². The fourth-order valence-corrected chi connectivity index (χ4v) is 6.69. The smallest absolute Gasteiger partial charge is 0.306 e. The molecule has 0 saturated heterocycles. The van der Waals surface area contributed by atoms with E-state index in [0.29, 0.717) is 19.3 Å². The topological polar surface area (TPSA) is 78.9 Å². The highest BCUT2D eigenvalue weighted by molar-refractivity contribution is 5.71. The van der Waals surface area contributed by atoms with Gasteiger partial charge < -0.3 is 14.2 Å². The van der Waals surface area contributed by atoms with E-state index in [1.54, 1.807) is 0 Å². The van der Waals surface area contributed by atoms with Gasteiger partial charge in [-0.3, -0.25) is 14.4 Å². The van der Waals surface area contributed by atoms with E-state index >= 15 is 0 Å². The number of ether oxygens (including phenoxy) is 3. The molecule has 0 fully saturated rings. The Labute approximate surface area is 411 Å². The van der Waals surface area contributed by atoms with Crippen LogP contribution in [0.2, 0.25) is 0 Å². The van der Waals surface area contributed by atoms with Crippen molar-refractivity contribution in [1.82, 2.24) is 0 Å². The van der Waals surface area contributed by atoms with Gasteiger partial charge in [0.1, 0.15) is 13.2 Å². The first-order valence-electron chi connectivity index (χ1n) is 26.7. The lowest BCUT2D eigenvalue weighted by Gasteiger charge is -2.18. The van der Waals surface area contributed by atoms with Crippen LogP contribution in [0.15, 0.2) is 134 Å². The van der Waals surface area contributed by atoms with E-state index in [1.807, 2.05) is 0 Å². The molecule has 0 heterocycles. The molecule has 0 radical (unpaired) electrons. The molecule has 0 aromatic heterocycles. The normalized spacial score (nSPS) is 13.2. The van der Waals surface area contributed by atoms with Gasteiger partial charge in [0.25, 0.3) is 0 Å². The summed E-state index contributed by atoms with van der Waals surface area (Å²) in [5, 5.41) is 0. The fourth-order valence-electron chi connectivity index (χ4n) is 6.69. The van der Waals surface area contributed by atoms with Gasteiger partial charge in [0, 0.05) is 19.3 Å². The Kier molecular flexibility index (Phi) is 50.6. The fraction of sp³-hybridized carbons (Fsp3) is 0.590. The van der Waals surface area contributed by atoms with Crippen molar-refractivity contribution < 1.29 is 28.6 Å². The van der Waals surface area contributed by atoms with Crippen molar-refractivity contribution in [2.45, 2.75) is 219 Å². The number of unbranched alkanes of at least 4 members (excludes halogenated alkanes) is 14. The Morgan fingerprint density at radius 1 is 0.328 bits per heavy atom. The predicted octanol–water partition coefficient (Wildman–Crippen LogP) is 17.9. The molecule has 0 bridgehead atoms. The van der Waals surface area contributed by atoms with Crippen LogP contribution in [0, 0.1) is 0 Å². The molecule has 0 aromatic rings. The first-order chi connectivity index (χ1) is 33.0. The number of hydrogen-bond donors (Lipinski definition) is 0. The first kappa shape index (κ1) is 62.5. The van der Waals surface area contributed by atoms with Crippen molar-refractivity contribution in [1.29, 1.82) is 0 Å². The number of carbonyl (C=O) groups excluding carboxylic acids is 3. The minimum Gasteiger partial charge on any atom is -0.462 e. The molecule has 0 aliphatic heterocycles. The molecule has 6 nitrogen and oxygen atoms in total. The van der Waals surface area contributed by atoms with Crippen LogP contribution in [0.5, 0.6) is 0 Å². The Bertz CT molecular complexity index is 1480. The summed E-state index contributed by atoms with van der Waals surface area (Å²) in [6.45, 7) is 6.29. The van der Waals surface area contributed by atoms with Crippen LogP contribution in [-0.2, 0) is 28.6 Å². The zero-order valence-electron chi connectivity index (χ0n) is 42.9. The minimum absolute atomic E-state index is 0.127. The van der Waals surface area contributed by atoms with E-state index in [1.165, 1.54) is 44.9 Å². The highest BCUT2D eigenvalue weighted by Gasteiger charge is 2.19. The third kappa shape index (κ3) is 52.4. The Morgan fingerprint density at radius 2 is 0.642 bits per heavy atom. The van der Waals surface area contributed by atoms with E-state index in [9.17, 15) is 14.4 Å². The van der Waals surface area contributed by atoms with Crippen molar-refractivity contribution in [3.63, 3.8) is 0 Å². The maximum absolute atomic E-state index is 12.8. The van der Waals surface area contributed by atoms with E-state index in [2.05, 4.69) is 154 Å². The predicted molar refractivity (Wildman–Crippen MR) is 288 cm³/mol. The van der Waals surface area contributed by atoms with Crippen LogP contribution in [0.4, 0.5) is 0 Å². The molecule has 6 heteroatoms. The van der Waals surface area contributed by atoms with Crippen molar-refractivity contribution >= 4 is 17.9 Å². The average Bonchev–Trinajstić information content (AvgIpc) is 3.33. The third-order valence-corrected chi connectivity index (χ3v) is 10.6. The lowest BCUT2D eigenvalue weighted by Crippen LogP contribution is -2.30. The molecule has 0 amide bonds. The first-order valence-corrected chi connectivity index (χ1v) is 26.7. The van der Waals surface area contributed by atoms with Gasteiger partial charge in [-0.15, -0.1) is 0 Å². The van der Waals surface area contributed by atoms with Gasteiger partial charge in [-0.1, -0.05) is 206 Å². The van der Waals surface area contributed by atoms with Crippen molar-refractivity contribution in [2.24, 2.45) is 0 Å². The number of allylic oxidation sites excluding steroid dienone is 22. The molecule has 1 unspecified atom stereocenters. The molecule has 0 saturated carbocycles. The number of hydrogen-bond acceptors (Lipinski definition) is 6. The summed E-state index contributed by atoms with van der Waals surface area (Å²) in [6, 6.07) is 0. The van der Waals surface area contributed by atoms with Crippen molar-refractivity contribution in [3.8, 4) is 0 Å². The summed E-state index contributed by atoms with van der Waals surface area (Å²) < 4.78 is 16.7. The molecule has 0 aliphatic carbocycles. The molecule has 0 spiro atoms. The lowest BCUT2D eigenvalue weighted by atomic mass is 10.1. The number of esters is 3. The Balaban J connectivity index is 4.60. The summed E-state index contributed by atoms with van der Waals surface area (Å²) in [6.07, 6.45) is 75.8. The third-order valence-electron chi connectivity index (χ3n) is 10.6. The molecule has 0 rings (SSSR count). The van der Waals surface area contributed by atoms with E-state index < -0.39 is 6.10 Å². The lowest BCUT2D eigenvalue weighted by molar-refractivity contribution is -0.167. The quantitative estimate of drug-likeness (QED) is 0.0199. The zero-order valence-corrected chi connectivity index (χ0v) is 42.9. The van der Waals surface area contributed by atoms with Crippen LogP contribution in [-0.4, -0.2) is 37.2 Å². The van der Waals surface area contributed by atoms with E-state index in [-0.39, 0.29) is 44.0 Å². The monoisotopic (exact) mass is 925 g/mol. The molecule has 1 atom stereocenters. The largest absolute Gasteiger partial charge is 0.462 e. The zero-order chi connectivity index (χ0) is 48.6. The van der Waals surface area contributed by atoms with Crippen LogP contribution in [0.3, 0.4) is 0 Å². The van der Waals surface area contributed by atoms with Crippen molar-refractivity contribution in [2.75, 3.05) is 13.2 Å². The second-order valence-corrected chi connectivity index (χ2v) is 17.0. The average molecular weight is 925 g/mol. The molecule has 0 N–H and O–H groups in total. The van der Waals surface area contributed by atoms with Crippen LogP contribution >= 0.6 is 0 Å². The van der Waals surface area contributed by atoms with E-state index in [4.69, 9.17) is 14.2 Å². The maximum Gasteiger partial charge on any atom is 0.306 e. The highest BCUT2D eigenvalue weighted by Crippen LogP contribution is 2.11. The summed E-state index contributed by atoms with van der Waals surface area (Å²) in [4.78, 5) is 38.0. The van der Waals surface area contributed by atoms with E-state index in [0.717, 1.165) is 116 Å². The Morgan fingerprint density at radius 3 is 1.06 bits per heavy atom. The van der Waals surface area contributed by atoms with Gasteiger partial charge in [0.2, 0.25) is 0 Å². The number of carbonyl (C=O) groups is 3. The maximum atomic E-state index is 12.8.